The van der Waals surface area contributed by atoms with Crippen LogP contribution in [0.3, 0.4) is 0 Å². The number of nitrogens with zero attached hydrogens (tertiary/aromatic N) is 1. The van der Waals surface area contributed by atoms with Gasteiger partial charge in [0.15, 0.2) is 0 Å². The number of ether oxygens (including phenoxy) is 4. The topological polar surface area (TPSA) is 66.3 Å². The molecule has 0 radical (unpaired) electrons. The van der Waals surface area contributed by atoms with E-state index in [0.717, 1.165) is 12.8 Å². The molecule has 1 aliphatic rings. The van der Waals surface area contributed by atoms with Crippen LogP contribution >= 0.6 is 0 Å². The fourth-order valence-electron chi connectivity index (χ4n) is 2.97. The van der Waals surface area contributed by atoms with Crippen LogP contribution < -0.4 is 0 Å². The van der Waals surface area contributed by atoms with Gasteiger partial charge in [-0.3, -0.25) is 0 Å². The van der Waals surface area contributed by atoms with Crippen LogP contribution in [0.15, 0.2) is 17.5 Å². The average molecular weight is 357 g/mol. The molecule has 0 N–H and O–H groups in total. The monoisotopic (exact) mass is 357 g/mol. The molecular formula is C19H35NO5. The van der Waals surface area contributed by atoms with Crippen molar-refractivity contribution in [3.63, 3.8) is 0 Å². The van der Waals surface area contributed by atoms with Crippen molar-refractivity contribution in [2.24, 2.45) is 5.18 Å². The lowest BCUT2D eigenvalue weighted by molar-refractivity contribution is -0.175. The molecule has 0 bridgehead atoms. The molecule has 1 fully saturated rings. The van der Waals surface area contributed by atoms with Crippen LogP contribution in [0.1, 0.15) is 65.2 Å². The smallest absolute Gasteiger partial charge is 0.201 e. The van der Waals surface area contributed by atoms with Crippen LogP contribution in [0.25, 0.3) is 0 Å². The molecule has 6 nitrogen and oxygen atoms in total. The molecule has 0 amide bonds. The Morgan fingerprint density at radius 3 is 2.72 bits per heavy atom. The first-order valence-corrected chi connectivity index (χ1v) is 9.60. The van der Waals surface area contributed by atoms with Gasteiger partial charge in [0.1, 0.15) is 6.04 Å². The lowest BCUT2D eigenvalue weighted by Crippen LogP contribution is -2.42. The van der Waals surface area contributed by atoms with Gasteiger partial charge in [0.25, 0.3) is 0 Å². The molecule has 0 saturated carbocycles. The number of nitroso groups, excluding NO2 is 1. The molecule has 0 spiro atoms. The number of rotatable bonds is 14. The summed E-state index contributed by atoms with van der Waals surface area (Å²) in [5.41, 5.74) is 0. The van der Waals surface area contributed by atoms with Crippen LogP contribution in [-0.2, 0) is 18.9 Å². The van der Waals surface area contributed by atoms with Gasteiger partial charge in [-0.25, -0.2) is 0 Å². The molecular weight excluding hydrogens is 322 g/mol. The summed E-state index contributed by atoms with van der Waals surface area (Å²) in [4.78, 5) is 11.0. The van der Waals surface area contributed by atoms with Gasteiger partial charge in [0, 0.05) is 20.1 Å². The first kappa shape index (κ1) is 22.1. The van der Waals surface area contributed by atoms with Crippen LogP contribution in [0, 0.1) is 4.91 Å². The molecule has 2 unspecified atom stereocenters. The molecule has 0 aromatic carbocycles. The van der Waals surface area contributed by atoms with E-state index in [1.54, 1.807) is 19.4 Å². The molecule has 1 aliphatic heterocycles. The molecule has 25 heavy (non-hydrogen) atoms. The van der Waals surface area contributed by atoms with Crippen molar-refractivity contribution in [2.45, 2.75) is 89.8 Å². The van der Waals surface area contributed by atoms with Gasteiger partial charge in [-0.2, -0.15) is 4.91 Å². The van der Waals surface area contributed by atoms with E-state index in [1.807, 2.05) is 6.92 Å². The number of hydrogen-bond acceptors (Lipinski definition) is 6. The lowest BCUT2D eigenvalue weighted by Gasteiger charge is -2.32. The van der Waals surface area contributed by atoms with Crippen molar-refractivity contribution in [3.05, 3.63) is 17.2 Å². The van der Waals surface area contributed by atoms with Gasteiger partial charge in [-0.05, 0) is 19.8 Å². The number of methoxy groups -OCH3 is 1. The molecule has 1 saturated heterocycles. The molecule has 4 atom stereocenters. The zero-order valence-corrected chi connectivity index (χ0v) is 16.0. The standard InChI is InChI=1S/C19H35NO5/c1-4-6-7-8-9-10-16(22-3)11-13-23-18-14-19(24-12-5-2)25-15-17(18)20-21/h5,12,16-19H,4,6-11,13-15H2,1-3H3/b12-5-/t16?,17-,18?,19+/m1/s1. The highest BCUT2D eigenvalue weighted by molar-refractivity contribution is 4.83. The summed E-state index contributed by atoms with van der Waals surface area (Å²) < 4.78 is 22.4. The molecule has 0 aromatic rings. The predicted molar refractivity (Wildman–Crippen MR) is 98.4 cm³/mol. The zero-order valence-electron chi connectivity index (χ0n) is 16.0. The second-order valence-corrected chi connectivity index (χ2v) is 6.54. The van der Waals surface area contributed by atoms with Crippen molar-refractivity contribution in [3.8, 4) is 0 Å². The fraction of sp³-hybridized carbons (Fsp3) is 0.895. The maximum atomic E-state index is 11.0. The van der Waals surface area contributed by atoms with E-state index in [2.05, 4.69) is 12.1 Å². The Morgan fingerprint density at radius 1 is 1.24 bits per heavy atom. The number of allylic oxidation sites excluding steroid dienone is 1. The predicted octanol–water partition coefficient (Wildman–Crippen LogP) is 4.57. The fourth-order valence-corrected chi connectivity index (χ4v) is 2.97. The average Bonchev–Trinajstić information content (AvgIpc) is 2.64. The van der Waals surface area contributed by atoms with Crippen LogP contribution in [0.2, 0.25) is 0 Å². The molecule has 0 aromatic heterocycles. The Labute approximate surface area is 152 Å². The van der Waals surface area contributed by atoms with E-state index in [4.69, 9.17) is 18.9 Å². The van der Waals surface area contributed by atoms with Crippen LogP contribution in [-0.4, -0.2) is 44.9 Å². The van der Waals surface area contributed by atoms with Gasteiger partial charge < -0.3 is 18.9 Å². The number of hydrogen-bond donors (Lipinski definition) is 0. The van der Waals surface area contributed by atoms with E-state index >= 15 is 0 Å². The Kier molecular flexibility index (Phi) is 12.5. The summed E-state index contributed by atoms with van der Waals surface area (Å²) in [6.45, 7) is 4.89. The molecule has 6 heteroatoms. The summed E-state index contributed by atoms with van der Waals surface area (Å²) in [5, 5.41) is 3.13. The van der Waals surface area contributed by atoms with Crippen molar-refractivity contribution in [1.82, 2.24) is 0 Å². The summed E-state index contributed by atoms with van der Waals surface area (Å²) in [6, 6.07) is -0.472. The second-order valence-electron chi connectivity index (χ2n) is 6.54. The summed E-state index contributed by atoms with van der Waals surface area (Å²) in [7, 11) is 1.75. The summed E-state index contributed by atoms with van der Waals surface area (Å²) in [6.07, 6.45) is 11.7. The first-order valence-electron chi connectivity index (χ1n) is 9.60. The van der Waals surface area contributed by atoms with Gasteiger partial charge in [0.2, 0.25) is 6.29 Å². The maximum Gasteiger partial charge on any atom is 0.201 e. The van der Waals surface area contributed by atoms with Gasteiger partial charge in [-0.1, -0.05) is 50.3 Å². The minimum Gasteiger partial charge on any atom is -0.473 e. The quantitative estimate of drug-likeness (QED) is 0.259. The lowest BCUT2D eigenvalue weighted by atomic mass is 10.1. The van der Waals surface area contributed by atoms with Crippen molar-refractivity contribution in [1.29, 1.82) is 0 Å². The van der Waals surface area contributed by atoms with Crippen molar-refractivity contribution >= 4 is 0 Å². The highest BCUT2D eigenvalue weighted by atomic mass is 16.7. The van der Waals surface area contributed by atoms with E-state index < -0.39 is 6.04 Å². The normalized spacial score (nSPS) is 25.2. The van der Waals surface area contributed by atoms with Gasteiger partial charge in [-0.15, -0.1) is 0 Å². The minimum absolute atomic E-state index is 0.208. The Balaban J connectivity index is 2.28. The third-order valence-electron chi connectivity index (χ3n) is 4.54. The van der Waals surface area contributed by atoms with E-state index in [0.29, 0.717) is 13.0 Å². The van der Waals surface area contributed by atoms with Gasteiger partial charge in [0.05, 0.1) is 25.1 Å². The summed E-state index contributed by atoms with van der Waals surface area (Å²) in [5.74, 6) is 0. The SMILES string of the molecule is C/C=C\O[C@@H]1CC(OCCC(CCCCCCC)OC)[C@H](N=O)CO1. The van der Waals surface area contributed by atoms with E-state index in [-0.39, 0.29) is 25.1 Å². The Bertz CT molecular complexity index is 364. The Morgan fingerprint density at radius 2 is 2.04 bits per heavy atom. The maximum absolute atomic E-state index is 11.0. The summed E-state index contributed by atoms with van der Waals surface area (Å²) >= 11 is 0. The van der Waals surface area contributed by atoms with E-state index in [1.165, 1.54) is 32.1 Å². The zero-order chi connectivity index (χ0) is 18.3. The van der Waals surface area contributed by atoms with Crippen LogP contribution in [0.4, 0.5) is 0 Å². The van der Waals surface area contributed by atoms with E-state index in [9.17, 15) is 4.91 Å². The van der Waals surface area contributed by atoms with Gasteiger partial charge >= 0.3 is 0 Å². The Hall–Kier alpha value is -0.980. The van der Waals surface area contributed by atoms with Crippen LogP contribution in [0.5, 0.6) is 0 Å². The molecule has 1 heterocycles. The third-order valence-corrected chi connectivity index (χ3v) is 4.54. The largest absolute Gasteiger partial charge is 0.473 e. The van der Waals surface area contributed by atoms with Crippen molar-refractivity contribution < 1.29 is 18.9 Å². The highest BCUT2D eigenvalue weighted by Gasteiger charge is 2.33. The minimum atomic E-state index is -0.472. The number of unbranched alkanes of at least 4 members (excludes halogenated alkanes) is 4. The molecule has 1 rings (SSSR count). The molecule has 0 aliphatic carbocycles. The molecule has 146 valence electrons. The first-order chi connectivity index (χ1) is 12.2. The second kappa shape index (κ2) is 14.2. The highest BCUT2D eigenvalue weighted by Crippen LogP contribution is 2.22. The third kappa shape index (κ3) is 9.33. The van der Waals surface area contributed by atoms with Crippen molar-refractivity contribution in [2.75, 3.05) is 20.3 Å².